The van der Waals surface area contributed by atoms with Gasteiger partial charge < -0.3 is 5.11 Å². The van der Waals surface area contributed by atoms with E-state index in [1.54, 1.807) is 0 Å². The average molecular weight is 341 g/mol. The van der Waals surface area contributed by atoms with Crippen molar-refractivity contribution in [1.29, 1.82) is 0 Å². The van der Waals surface area contributed by atoms with Crippen LogP contribution in [0.15, 0.2) is 16.7 Å². The molecule has 0 radical (unpaired) electrons. The standard InChI is InChI=1S/C11H9BrN4O4/c1-5-9(16(19)20)6(2)15(14-5)10-8(11(17)18)3-7(12)4-13-10/h3-4H,1-2H3,(H,17,18). The van der Waals surface area contributed by atoms with Crippen LogP contribution in [-0.4, -0.2) is 30.8 Å². The molecule has 1 N–H and O–H groups in total. The molecule has 0 aliphatic carbocycles. The number of rotatable bonds is 3. The molecule has 0 fully saturated rings. The number of halogens is 1. The Morgan fingerprint density at radius 2 is 2.15 bits per heavy atom. The number of pyridine rings is 1. The van der Waals surface area contributed by atoms with Crippen LogP contribution in [0.2, 0.25) is 0 Å². The maximum absolute atomic E-state index is 11.2. The summed E-state index contributed by atoms with van der Waals surface area (Å²) in [6.07, 6.45) is 1.41. The van der Waals surface area contributed by atoms with Crippen LogP contribution in [-0.2, 0) is 0 Å². The molecule has 0 aliphatic rings. The maximum Gasteiger partial charge on any atom is 0.339 e. The molecule has 2 aromatic rings. The van der Waals surface area contributed by atoms with E-state index in [-0.39, 0.29) is 28.5 Å². The lowest BCUT2D eigenvalue weighted by molar-refractivity contribution is -0.386. The molecule has 0 atom stereocenters. The lowest BCUT2D eigenvalue weighted by Gasteiger charge is -2.06. The largest absolute Gasteiger partial charge is 0.478 e. The molecule has 0 saturated carbocycles. The summed E-state index contributed by atoms with van der Waals surface area (Å²) in [5.41, 5.74) is 0.185. The zero-order chi connectivity index (χ0) is 15.0. The summed E-state index contributed by atoms with van der Waals surface area (Å²) in [6.45, 7) is 2.98. The molecule has 0 saturated heterocycles. The third-order valence-electron chi connectivity index (χ3n) is 2.70. The van der Waals surface area contributed by atoms with E-state index < -0.39 is 10.9 Å². The van der Waals surface area contributed by atoms with E-state index in [1.165, 1.54) is 30.8 Å². The van der Waals surface area contributed by atoms with Gasteiger partial charge in [0.25, 0.3) is 0 Å². The van der Waals surface area contributed by atoms with E-state index in [4.69, 9.17) is 0 Å². The number of nitro groups is 1. The molecule has 2 aromatic heterocycles. The van der Waals surface area contributed by atoms with Crippen LogP contribution in [0.1, 0.15) is 21.7 Å². The summed E-state index contributed by atoms with van der Waals surface area (Å²) in [5, 5.41) is 24.2. The van der Waals surface area contributed by atoms with Gasteiger partial charge in [0.15, 0.2) is 5.82 Å². The highest BCUT2D eigenvalue weighted by Crippen LogP contribution is 2.26. The Morgan fingerprint density at radius 3 is 2.65 bits per heavy atom. The molecule has 0 aliphatic heterocycles. The predicted octanol–water partition coefficient (Wildman–Crippen LogP) is 2.25. The molecule has 0 amide bonds. The molecule has 0 aromatic carbocycles. The number of aromatic nitrogens is 3. The lowest BCUT2D eigenvalue weighted by Crippen LogP contribution is -2.10. The second-order valence-corrected chi connectivity index (χ2v) is 4.93. The third kappa shape index (κ3) is 2.27. The summed E-state index contributed by atoms with van der Waals surface area (Å²) in [4.78, 5) is 25.7. The van der Waals surface area contributed by atoms with Crippen molar-refractivity contribution in [2.45, 2.75) is 13.8 Å². The van der Waals surface area contributed by atoms with Gasteiger partial charge >= 0.3 is 11.7 Å². The van der Waals surface area contributed by atoms with Gasteiger partial charge in [0.2, 0.25) is 0 Å². The molecule has 8 nitrogen and oxygen atoms in total. The molecule has 0 unspecified atom stereocenters. The Balaban J connectivity index is 2.73. The van der Waals surface area contributed by atoms with Crippen LogP contribution in [0.25, 0.3) is 5.82 Å². The SMILES string of the molecule is Cc1nn(-c2ncc(Br)cc2C(=O)O)c(C)c1[N+](=O)[O-]. The van der Waals surface area contributed by atoms with Crippen LogP contribution < -0.4 is 0 Å². The fraction of sp³-hybridized carbons (Fsp3) is 0.182. The fourth-order valence-electron chi connectivity index (χ4n) is 1.86. The van der Waals surface area contributed by atoms with Crippen molar-refractivity contribution in [3.8, 4) is 5.82 Å². The van der Waals surface area contributed by atoms with E-state index in [9.17, 15) is 20.0 Å². The average Bonchev–Trinajstić information content (AvgIpc) is 2.64. The van der Waals surface area contributed by atoms with Crippen molar-refractivity contribution in [1.82, 2.24) is 14.8 Å². The zero-order valence-electron chi connectivity index (χ0n) is 10.5. The van der Waals surface area contributed by atoms with E-state index in [0.717, 1.165) is 0 Å². The summed E-state index contributed by atoms with van der Waals surface area (Å²) in [7, 11) is 0. The molecule has 0 bridgehead atoms. The number of carboxylic acids is 1. The van der Waals surface area contributed by atoms with E-state index >= 15 is 0 Å². The second kappa shape index (κ2) is 5.00. The first kappa shape index (κ1) is 14.1. The minimum Gasteiger partial charge on any atom is -0.478 e. The van der Waals surface area contributed by atoms with Gasteiger partial charge in [0, 0.05) is 10.7 Å². The number of carboxylic acid groups (broad SMARTS) is 1. The van der Waals surface area contributed by atoms with Gasteiger partial charge in [0.1, 0.15) is 17.0 Å². The van der Waals surface area contributed by atoms with Gasteiger partial charge in [0.05, 0.1) is 4.92 Å². The van der Waals surface area contributed by atoms with E-state index in [0.29, 0.717) is 4.47 Å². The molecule has 20 heavy (non-hydrogen) atoms. The van der Waals surface area contributed by atoms with E-state index in [2.05, 4.69) is 26.0 Å². The summed E-state index contributed by atoms with van der Waals surface area (Å²) < 4.78 is 1.67. The molecule has 2 heterocycles. The number of hydrogen-bond donors (Lipinski definition) is 1. The summed E-state index contributed by atoms with van der Waals surface area (Å²) in [5.74, 6) is -1.15. The summed E-state index contributed by atoms with van der Waals surface area (Å²) >= 11 is 3.13. The van der Waals surface area contributed by atoms with E-state index in [1.807, 2.05) is 0 Å². The second-order valence-electron chi connectivity index (χ2n) is 4.02. The highest BCUT2D eigenvalue weighted by atomic mass is 79.9. The first-order valence-electron chi connectivity index (χ1n) is 5.42. The van der Waals surface area contributed by atoms with Crippen molar-refractivity contribution >= 4 is 27.6 Å². The minimum absolute atomic E-state index is 0.0365. The number of hydrogen-bond acceptors (Lipinski definition) is 5. The molecular formula is C11H9BrN4O4. The summed E-state index contributed by atoms with van der Waals surface area (Å²) in [6, 6.07) is 1.37. The Bertz CT molecular complexity index is 725. The quantitative estimate of drug-likeness (QED) is 0.677. The number of aryl methyl sites for hydroxylation is 1. The molecule has 0 spiro atoms. The molecule has 2 rings (SSSR count). The van der Waals surface area contributed by atoms with Gasteiger partial charge in [-0.25, -0.2) is 14.5 Å². The highest BCUT2D eigenvalue weighted by Gasteiger charge is 2.25. The Hall–Kier alpha value is -2.29. The topological polar surface area (TPSA) is 111 Å². The van der Waals surface area contributed by atoms with Gasteiger partial charge in [-0.15, -0.1) is 0 Å². The molecule has 9 heteroatoms. The van der Waals surface area contributed by atoms with Crippen molar-refractivity contribution in [3.63, 3.8) is 0 Å². The van der Waals surface area contributed by atoms with Gasteiger partial charge in [-0.3, -0.25) is 10.1 Å². The van der Waals surface area contributed by atoms with Crippen LogP contribution in [0.5, 0.6) is 0 Å². The van der Waals surface area contributed by atoms with Crippen molar-refractivity contribution in [2.75, 3.05) is 0 Å². The van der Waals surface area contributed by atoms with Gasteiger partial charge in [-0.05, 0) is 35.8 Å². The zero-order valence-corrected chi connectivity index (χ0v) is 12.1. The first-order valence-corrected chi connectivity index (χ1v) is 6.22. The lowest BCUT2D eigenvalue weighted by atomic mass is 10.2. The normalized spacial score (nSPS) is 10.6. The smallest absolute Gasteiger partial charge is 0.339 e. The Morgan fingerprint density at radius 1 is 1.50 bits per heavy atom. The molecule has 104 valence electrons. The van der Waals surface area contributed by atoms with Crippen molar-refractivity contribution in [3.05, 3.63) is 43.8 Å². The Labute approximate surface area is 121 Å². The number of aromatic carboxylic acids is 1. The predicted molar refractivity (Wildman–Crippen MR) is 72.1 cm³/mol. The fourth-order valence-corrected chi connectivity index (χ4v) is 2.19. The van der Waals surface area contributed by atoms with Crippen molar-refractivity contribution < 1.29 is 14.8 Å². The van der Waals surface area contributed by atoms with Crippen LogP contribution >= 0.6 is 15.9 Å². The van der Waals surface area contributed by atoms with Gasteiger partial charge in [-0.1, -0.05) is 0 Å². The van der Waals surface area contributed by atoms with Crippen LogP contribution in [0.3, 0.4) is 0 Å². The molecular weight excluding hydrogens is 332 g/mol. The van der Waals surface area contributed by atoms with Gasteiger partial charge in [-0.2, -0.15) is 5.10 Å². The monoisotopic (exact) mass is 340 g/mol. The minimum atomic E-state index is -1.19. The highest BCUT2D eigenvalue weighted by molar-refractivity contribution is 9.10. The number of carbonyl (C=O) groups is 1. The Kier molecular flexibility index (Phi) is 3.53. The third-order valence-corrected chi connectivity index (χ3v) is 3.13. The first-order chi connectivity index (χ1) is 9.32. The van der Waals surface area contributed by atoms with Crippen LogP contribution in [0, 0.1) is 24.0 Å². The van der Waals surface area contributed by atoms with Crippen molar-refractivity contribution in [2.24, 2.45) is 0 Å². The van der Waals surface area contributed by atoms with Crippen LogP contribution in [0.4, 0.5) is 5.69 Å². The number of nitrogens with zero attached hydrogens (tertiary/aromatic N) is 4. The maximum atomic E-state index is 11.2.